The molecule has 0 saturated carbocycles. The molecule has 0 aliphatic rings. The first kappa shape index (κ1) is 34.1. The molecule has 0 heterocycles. The number of hydrogen-bond donors (Lipinski definition) is 0. The number of hydrogen-bond acceptors (Lipinski definition) is 7. The van der Waals surface area contributed by atoms with Gasteiger partial charge in [0.15, 0.2) is 5.92 Å². The predicted molar refractivity (Wildman–Crippen MR) is 159 cm³/mol. The van der Waals surface area contributed by atoms with E-state index in [0.717, 1.165) is 23.3 Å². The molecule has 43 heavy (non-hydrogen) atoms. The van der Waals surface area contributed by atoms with Crippen molar-refractivity contribution in [3.8, 4) is 0 Å². The summed E-state index contributed by atoms with van der Waals surface area (Å²) in [6, 6.07) is 22.8. The topological polar surface area (TPSA) is 88.1 Å². The molecule has 0 aromatic heterocycles. The van der Waals surface area contributed by atoms with E-state index in [0.29, 0.717) is 5.56 Å². The van der Waals surface area contributed by atoms with Crippen molar-refractivity contribution in [2.24, 2.45) is 5.92 Å². The molecule has 0 radical (unpaired) electrons. The molecule has 0 bridgehead atoms. The summed E-state index contributed by atoms with van der Waals surface area (Å²) in [7, 11) is -5.02. The number of carbonyl (C=O) groups is 2. The van der Waals surface area contributed by atoms with Crippen LogP contribution in [-0.4, -0.2) is 23.1 Å². The van der Waals surface area contributed by atoms with E-state index in [1.807, 2.05) is 12.1 Å². The van der Waals surface area contributed by atoms with E-state index in [9.17, 15) is 14.2 Å². The fourth-order valence-electron chi connectivity index (χ4n) is 4.01. The first-order valence-corrected chi connectivity index (χ1v) is 15.4. The fourth-order valence-corrected chi connectivity index (χ4v) is 6.19. The van der Waals surface area contributed by atoms with Crippen LogP contribution in [0.25, 0.3) is 0 Å². The van der Waals surface area contributed by atoms with Crippen LogP contribution in [0.1, 0.15) is 63.8 Å². The highest BCUT2D eigenvalue weighted by molar-refractivity contribution is 7.54. The Morgan fingerprint density at radius 2 is 1.05 bits per heavy atom. The summed E-state index contributed by atoms with van der Waals surface area (Å²) in [5.41, 5.74) is -5.09. The summed E-state index contributed by atoms with van der Waals surface area (Å²) in [6.45, 7) is 8.97. The molecule has 10 heteroatoms. The zero-order valence-corrected chi connectivity index (χ0v) is 26.2. The van der Waals surface area contributed by atoms with Gasteiger partial charge in [0.2, 0.25) is 0 Å². The molecule has 0 unspecified atom stereocenters. The standard InChI is InChI=1S/C33H39F2O7P/c1-31(2,3)41-43(38,42-32(4,5)6)33(34,35)27-19-17-24(18-20-27)21-28(29(36)39-22-25-13-9-7-10-14-25)30(37)40-23-26-15-11-8-12-16-26/h7-20,28H,21-23H2,1-6H3. The monoisotopic (exact) mass is 616 g/mol. The third kappa shape index (κ3) is 10.1. The zero-order valence-electron chi connectivity index (χ0n) is 25.3. The van der Waals surface area contributed by atoms with Gasteiger partial charge in [-0.2, -0.15) is 8.78 Å². The maximum Gasteiger partial charge on any atom is 0.405 e. The maximum absolute atomic E-state index is 15.8. The minimum absolute atomic E-state index is 0.0515. The summed E-state index contributed by atoms with van der Waals surface area (Å²) < 4.78 is 66.7. The third-order valence-electron chi connectivity index (χ3n) is 5.89. The van der Waals surface area contributed by atoms with Crippen LogP contribution >= 0.6 is 7.60 Å². The Balaban J connectivity index is 1.83. The van der Waals surface area contributed by atoms with Crippen LogP contribution in [0.15, 0.2) is 84.9 Å². The molecule has 0 saturated heterocycles. The van der Waals surface area contributed by atoms with Crippen molar-refractivity contribution in [2.45, 2.75) is 78.0 Å². The Bertz CT molecular complexity index is 1320. The van der Waals surface area contributed by atoms with Crippen molar-refractivity contribution in [1.29, 1.82) is 0 Å². The summed E-state index contributed by atoms with van der Waals surface area (Å²) in [4.78, 5) is 26.2. The number of benzene rings is 3. The van der Waals surface area contributed by atoms with Crippen LogP contribution in [0.2, 0.25) is 0 Å². The predicted octanol–water partition coefficient (Wildman–Crippen LogP) is 8.20. The molecule has 0 spiro atoms. The molecule has 0 atom stereocenters. The molecular weight excluding hydrogens is 577 g/mol. The number of ether oxygens (including phenoxy) is 2. The third-order valence-corrected chi connectivity index (χ3v) is 8.41. The van der Waals surface area contributed by atoms with E-state index < -0.39 is 47.9 Å². The minimum atomic E-state index is -5.02. The lowest BCUT2D eigenvalue weighted by Gasteiger charge is -2.36. The van der Waals surface area contributed by atoms with Crippen LogP contribution in [0.4, 0.5) is 8.78 Å². The average molecular weight is 617 g/mol. The van der Waals surface area contributed by atoms with Crippen LogP contribution in [0, 0.1) is 5.92 Å². The molecule has 3 aromatic rings. The summed E-state index contributed by atoms with van der Waals surface area (Å²) in [5.74, 6) is -2.96. The first-order chi connectivity index (χ1) is 20.0. The average Bonchev–Trinajstić information content (AvgIpc) is 2.92. The Morgan fingerprint density at radius 3 is 1.42 bits per heavy atom. The largest absolute Gasteiger partial charge is 0.460 e. The van der Waals surface area contributed by atoms with Crippen molar-refractivity contribution < 1.29 is 41.5 Å². The van der Waals surface area contributed by atoms with E-state index in [1.54, 1.807) is 48.5 Å². The highest BCUT2D eigenvalue weighted by atomic mass is 31.2. The number of esters is 2. The van der Waals surface area contributed by atoms with Crippen molar-refractivity contribution in [2.75, 3.05) is 0 Å². The second-order valence-corrected chi connectivity index (χ2v) is 14.0. The van der Waals surface area contributed by atoms with Gasteiger partial charge in [-0.15, -0.1) is 0 Å². The van der Waals surface area contributed by atoms with Crippen LogP contribution in [0.5, 0.6) is 0 Å². The number of rotatable bonds is 12. The van der Waals surface area contributed by atoms with Crippen molar-refractivity contribution in [3.05, 3.63) is 107 Å². The smallest absolute Gasteiger partial charge is 0.405 e. The second kappa shape index (κ2) is 13.9. The first-order valence-electron chi connectivity index (χ1n) is 13.9. The van der Waals surface area contributed by atoms with Crippen LogP contribution in [-0.2, 0) is 58.0 Å². The van der Waals surface area contributed by atoms with Gasteiger partial charge < -0.3 is 9.47 Å². The molecule has 0 aliphatic carbocycles. The number of carbonyl (C=O) groups excluding carboxylic acids is 2. The fraction of sp³-hybridized carbons (Fsp3) is 0.394. The molecule has 0 amide bonds. The normalized spacial score (nSPS) is 12.7. The Hall–Kier alpha value is -3.39. The van der Waals surface area contributed by atoms with Crippen molar-refractivity contribution in [3.63, 3.8) is 0 Å². The van der Waals surface area contributed by atoms with Gasteiger partial charge in [-0.25, -0.2) is 0 Å². The molecule has 3 aromatic carbocycles. The lowest BCUT2D eigenvalue weighted by molar-refractivity contribution is -0.163. The minimum Gasteiger partial charge on any atom is -0.460 e. The van der Waals surface area contributed by atoms with E-state index in [2.05, 4.69) is 0 Å². The molecular formula is C33H39F2O7P. The molecule has 232 valence electrons. The maximum atomic E-state index is 15.8. The highest BCUT2D eigenvalue weighted by Crippen LogP contribution is 2.69. The van der Waals surface area contributed by atoms with Gasteiger partial charge in [-0.1, -0.05) is 84.9 Å². The SMILES string of the molecule is CC(C)(C)OP(=O)(OC(C)(C)C)C(F)(F)c1ccc(CC(C(=O)OCc2ccccc2)C(=O)OCc2ccccc2)cc1. The van der Waals surface area contributed by atoms with Gasteiger partial charge in [0.05, 0.1) is 11.2 Å². The van der Waals surface area contributed by atoms with Crippen LogP contribution in [0.3, 0.4) is 0 Å². The van der Waals surface area contributed by atoms with E-state index in [-0.39, 0.29) is 19.6 Å². The number of alkyl halides is 2. The number of halogens is 2. The highest BCUT2D eigenvalue weighted by Gasteiger charge is 2.58. The van der Waals surface area contributed by atoms with Gasteiger partial charge >= 0.3 is 25.2 Å². The second-order valence-electron chi connectivity index (χ2n) is 12.1. The molecule has 3 rings (SSSR count). The molecule has 0 aliphatic heterocycles. The lowest BCUT2D eigenvalue weighted by Crippen LogP contribution is -2.31. The zero-order chi connectivity index (χ0) is 31.9. The van der Waals surface area contributed by atoms with Gasteiger partial charge in [0.1, 0.15) is 13.2 Å². The van der Waals surface area contributed by atoms with E-state index >= 15 is 8.78 Å². The van der Waals surface area contributed by atoms with Crippen molar-refractivity contribution >= 4 is 19.5 Å². The Morgan fingerprint density at radius 1 is 0.651 bits per heavy atom. The van der Waals surface area contributed by atoms with E-state index in [4.69, 9.17) is 18.5 Å². The van der Waals surface area contributed by atoms with Gasteiger partial charge in [0, 0.05) is 5.56 Å². The Labute approximate surface area is 252 Å². The summed E-state index contributed by atoms with van der Waals surface area (Å²) in [6.07, 6.45) is -0.165. The van der Waals surface area contributed by atoms with E-state index in [1.165, 1.54) is 53.7 Å². The van der Waals surface area contributed by atoms with Gasteiger partial charge in [0.25, 0.3) is 0 Å². The summed E-state index contributed by atoms with van der Waals surface area (Å²) in [5, 5.41) is 0. The van der Waals surface area contributed by atoms with Crippen molar-refractivity contribution in [1.82, 2.24) is 0 Å². The molecule has 0 N–H and O–H groups in total. The lowest BCUT2D eigenvalue weighted by atomic mass is 9.98. The van der Waals surface area contributed by atoms with Gasteiger partial charge in [-0.05, 0) is 64.7 Å². The summed E-state index contributed by atoms with van der Waals surface area (Å²) >= 11 is 0. The Kier molecular flexibility index (Phi) is 11.0. The molecule has 0 fully saturated rings. The van der Waals surface area contributed by atoms with Crippen LogP contribution < -0.4 is 0 Å². The molecule has 7 nitrogen and oxygen atoms in total. The quantitative estimate of drug-likeness (QED) is 0.115. The van der Waals surface area contributed by atoms with Gasteiger partial charge in [-0.3, -0.25) is 23.2 Å².